The van der Waals surface area contributed by atoms with Crippen LogP contribution in [-0.2, 0) is 16.1 Å². The fourth-order valence-corrected chi connectivity index (χ4v) is 3.64. The number of rotatable bonds is 12. The van der Waals surface area contributed by atoms with Gasteiger partial charge in [0.05, 0.1) is 7.11 Å². The third-order valence-corrected chi connectivity index (χ3v) is 5.26. The van der Waals surface area contributed by atoms with Crippen LogP contribution in [0.4, 0.5) is 0 Å². The average molecular weight is 441 g/mol. The van der Waals surface area contributed by atoms with Gasteiger partial charge in [-0.3, -0.25) is 9.59 Å². The molecule has 174 valence electrons. The Morgan fingerprint density at radius 3 is 2.38 bits per heavy atom. The number of carbonyl (C=O) groups excluding carboxylic acids is 2. The minimum absolute atomic E-state index is 0.133. The van der Waals surface area contributed by atoms with Gasteiger partial charge in [-0.25, -0.2) is 0 Å². The SMILES string of the molecule is CCCCNC(=O)[C@H](CC)N(Cc1cccc(OC)c1)C(=O)COc1cc(C)cc(C)c1. The lowest BCUT2D eigenvalue weighted by Crippen LogP contribution is -2.50. The summed E-state index contributed by atoms with van der Waals surface area (Å²) in [5.41, 5.74) is 3.04. The van der Waals surface area contributed by atoms with Crippen LogP contribution in [0.15, 0.2) is 42.5 Å². The number of methoxy groups -OCH3 is 1. The highest BCUT2D eigenvalue weighted by atomic mass is 16.5. The number of carbonyl (C=O) groups is 2. The van der Waals surface area contributed by atoms with E-state index in [2.05, 4.69) is 18.3 Å². The first kappa shape index (κ1) is 25.2. The maximum atomic E-state index is 13.3. The predicted octanol–water partition coefficient (Wildman–Crippen LogP) is 4.41. The number of nitrogens with zero attached hydrogens (tertiary/aromatic N) is 1. The molecule has 0 aliphatic rings. The average Bonchev–Trinajstić information content (AvgIpc) is 2.77. The summed E-state index contributed by atoms with van der Waals surface area (Å²) in [6.07, 6.45) is 2.41. The Labute approximate surface area is 191 Å². The van der Waals surface area contributed by atoms with E-state index in [0.717, 1.165) is 29.5 Å². The molecule has 0 aromatic heterocycles. The van der Waals surface area contributed by atoms with Crippen molar-refractivity contribution in [3.63, 3.8) is 0 Å². The Bertz CT molecular complexity index is 877. The van der Waals surface area contributed by atoms with Crippen molar-refractivity contribution >= 4 is 11.8 Å². The van der Waals surface area contributed by atoms with E-state index in [1.807, 2.05) is 57.2 Å². The number of benzene rings is 2. The molecule has 1 N–H and O–H groups in total. The first-order chi connectivity index (χ1) is 15.4. The molecule has 0 spiro atoms. The van der Waals surface area contributed by atoms with Crippen molar-refractivity contribution < 1.29 is 19.1 Å². The second-order valence-corrected chi connectivity index (χ2v) is 8.05. The summed E-state index contributed by atoms with van der Waals surface area (Å²) < 4.78 is 11.1. The van der Waals surface area contributed by atoms with E-state index in [-0.39, 0.29) is 18.4 Å². The van der Waals surface area contributed by atoms with Gasteiger partial charge in [0.1, 0.15) is 17.5 Å². The fourth-order valence-electron chi connectivity index (χ4n) is 3.64. The van der Waals surface area contributed by atoms with E-state index in [0.29, 0.717) is 31.0 Å². The van der Waals surface area contributed by atoms with Gasteiger partial charge in [0.25, 0.3) is 5.91 Å². The van der Waals surface area contributed by atoms with Crippen LogP contribution in [0.2, 0.25) is 0 Å². The highest BCUT2D eigenvalue weighted by Gasteiger charge is 2.29. The summed E-state index contributed by atoms with van der Waals surface area (Å²) >= 11 is 0. The quantitative estimate of drug-likeness (QED) is 0.496. The normalized spacial score (nSPS) is 11.5. The van der Waals surface area contributed by atoms with E-state index < -0.39 is 6.04 Å². The van der Waals surface area contributed by atoms with E-state index in [4.69, 9.17) is 9.47 Å². The van der Waals surface area contributed by atoms with Crippen LogP contribution in [0.5, 0.6) is 11.5 Å². The minimum Gasteiger partial charge on any atom is -0.497 e. The molecule has 0 aliphatic carbocycles. The predicted molar refractivity (Wildman–Crippen MR) is 127 cm³/mol. The van der Waals surface area contributed by atoms with Crippen LogP contribution < -0.4 is 14.8 Å². The zero-order chi connectivity index (χ0) is 23.5. The highest BCUT2D eigenvalue weighted by Crippen LogP contribution is 2.19. The van der Waals surface area contributed by atoms with Crippen LogP contribution in [0.3, 0.4) is 0 Å². The Morgan fingerprint density at radius 1 is 1.03 bits per heavy atom. The van der Waals surface area contributed by atoms with E-state index in [9.17, 15) is 9.59 Å². The zero-order valence-electron chi connectivity index (χ0n) is 19.9. The number of nitrogens with one attached hydrogen (secondary N) is 1. The summed E-state index contributed by atoms with van der Waals surface area (Å²) in [6.45, 7) is 8.74. The van der Waals surface area contributed by atoms with Crippen LogP contribution in [0.25, 0.3) is 0 Å². The second kappa shape index (κ2) is 12.7. The maximum absolute atomic E-state index is 13.3. The highest BCUT2D eigenvalue weighted by molar-refractivity contribution is 5.88. The van der Waals surface area contributed by atoms with Gasteiger partial charge < -0.3 is 19.7 Å². The second-order valence-electron chi connectivity index (χ2n) is 8.05. The Balaban J connectivity index is 2.22. The zero-order valence-corrected chi connectivity index (χ0v) is 19.9. The number of unbranched alkanes of at least 4 members (excludes halogenated alkanes) is 1. The van der Waals surface area contributed by atoms with Gasteiger partial charge in [-0.2, -0.15) is 0 Å². The van der Waals surface area contributed by atoms with Gasteiger partial charge in [-0.05, 0) is 67.6 Å². The molecule has 0 aliphatic heterocycles. The van der Waals surface area contributed by atoms with Crippen molar-refractivity contribution in [2.75, 3.05) is 20.3 Å². The van der Waals surface area contributed by atoms with Crippen LogP contribution in [0.1, 0.15) is 49.8 Å². The van der Waals surface area contributed by atoms with Gasteiger partial charge in [0.2, 0.25) is 5.91 Å². The third-order valence-electron chi connectivity index (χ3n) is 5.26. The van der Waals surface area contributed by atoms with Crippen molar-refractivity contribution in [1.82, 2.24) is 10.2 Å². The number of hydrogen-bond acceptors (Lipinski definition) is 4. The first-order valence-electron chi connectivity index (χ1n) is 11.3. The smallest absolute Gasteiger partial charge is 0.261 e. The monoisotopic (exact) mass is 440 g/mol. The number of hydrogen-bond donors (Lipinski definition) is 1. The molecule has 0 saturated carbocycles. The first-order valence-corrected chi connectivity index (χ1v) is 11.3. The molecule has 32 heavy (non-hydrogen) atoms. The van der Waals surface area contributed by atoms with Gasteiger partial charge >= 0.3 is 0 Å². The van der Waals surface area contributed by atoms with Crippen LogP contribution in [-0.4, -0.2) is 43.0 Å². The summed E-state index contributed by atoms with van der Waals surface area (Å²) in [4.78, 5) is 27.8. The Kier molecular flexibility index (Phi) is 10.1. The van der Waals surface area contributed by atoms with Crippen molar-refractivity contribution in [3.05, 3.63) is 59.2 Å². The Morgan fingerprint density at radius 2 is 1.75 bits per heavy atom. The Hall–Kier alpha value is -3.02. The summed E-state index contributed by atoms with van der Waals surface area (Å²) in [7, 11) is 1.61. The molecule has 0 bridgehead atoms. The van der Waals surface area contributed by atoms with Crippen LogP contribution in [0, 0.1) is 13.8 Å². The standard InChI is InChI=1S/C26H36N2O4/c1-6-8-12-27-26(30)24(7-2)28(17-21-10-9-11-22(16-21)31-5)25(29)18-32-23-14-19(3)13-20(4)15-23/h9-11,13-16,24H,6-8,12,17-18H2,1-5H3,(H,27,30)/t24-/m0/s1. The van der Waals surface area contributed by atoms with E-state index in [1.54, 1.807) is 12.0 Å². The summed E-state index contributed by atoms with van der Waals surface area (Å²) in [5, 5.41) is 2.97. The molecule has 1 atom stereocenters. The fraction of sp³-hybridized carbons (Fsp3) is 0.462. The molecule has 6 heteroatoms. The van der Waals surface area contributed by atoms with Gasteiger partial charge in [0, 0.05) is 13.1 Å². The third kappa shape index (κ3) is 7.59. The van der Waals surface area contributed by atoms with Crippen molar-refractivity contribution in [2.24, 2.45) is 0 Å². The molecular weight excluding hydrogens is 404 g/mol. The molecule has 2 amide bonds. The lowest BCUT2D eigenvalue weighted by Gasteiger charge is -2.30. The largest absolute Gasteiger partial charge is 0.497 e. The van der Waals surface area contributed by atoms with Gasteiger partial charge in [0.15, 0.2) is 6.61 Å². The summed E-state index contributed by atoms with van der Waals surface area (Å²) in [5.74, 6) is 0.993. The molecule has 2 rings (SSSR count). The molecular formula is C26H36N2O4. The van der Waals surface area contributed by atoms with Crippen molar-refractivity contribution in [2.45, 2.75) is 59.5 Å². The molecule has 0 radical (unpaired) electrons. The van der Waals surface area contributed by atoms with Crippen molar-refractivity contribution in [3.8, 4) is 11.5 Å². The van der Waals surface area contributed by atoms with Gasteiger partial charge in [-0.15, -0.1) is 0 Å². The summed E-state index contributed by atoms with van der Waals surface area (Å²) in [6, 6.07) is 12.8. The molecule has 2 aromatic carbocycles. The molecule has 0 unspecified atom stereocenters. The minimum atomic E-state index is -0.576. The molecule has 0 saturated heterocycles. The molecule has 6 nitrogen and oxygen atoms in total. The topological polar surface area (TPSA) is 67.9 Å². The number of aryl methyl sites for hydroxylation is 2. The van der Waals surface area contributed by atoms with E-state index in [1.165, 1.54) is 0 Å². The number of amides is 2. The maximum Gasteiger partial charge on any atom is 0.261 e. The van der Waals surface area contributed by atoms with Gasteiger partial charge in [-0.1, -0.05) is 38.5 Å². The van der Waals surface area contributed by atoms with Crippen LogP contribution >= 0.6 is 0 Å². The number of ether oxygens (including phenoxy) is 2. The van der Waals surface area contributed by atoms with Crippen molar-refractivity contribution in [1.29, 1.82) is 0 Å². The lowest BCUT2D eigenvalue weighted by atomic mass is 10.1. The van der Waals surface area contributed by atoms with E-state index >= 15 is 0 Å². The molecule has 2 aromatic rings. The molecule has 0 heterocycles. The molecule has 0 fully saturated rings. The lowest BCUT2D eigenvalue weighted by molar-refractivity contribution is -0.143.